The molecule has 0 fully saturated rings. The highest BCUT2D eigenvalue weighted by atomic mass is 35.5. The van der Waals surface area contributed by atoms with E-state index in [1.54, 1.807) is 22.9 Å². The van der Waals surface area contributed by atoms with E-state index in [9.17, 15) is 0 Å². The van der Waals surface area contributed by atoms with Crippen molar-refractivity contribution in [2.24, 2.45) is 0 Å². The first-order valence-corrected chi connectivity index (χ1v) is 6.84. The average molecular weight is 300 g/mol. The number of hydrogen-bond acceptors (Lipinski definition) is 4. The summed E-state index contributed by atoms with van der Waals surface area (Å²) >= 11 is 6.06. The summed E-state index contributed by atoms with van der Waals surface area (Å²) < 4.78 is 1.69. The van der Waals surface area contributed by atoms with Crippen molar-refractivity contribution in [1.29, 1.82) is 0 Å². The molecule has 2 N–H and O–H groups in total. The molecule has 5 nitrogen and oxygen atoms in total. The van der Waals surface area contributed by atoms with Crippen LogP contribution in [0, 0.1) is 13.8 Å². The van der Waals surface area contributed by atoms with E-state index in [0.29, 0.717) is 16.5 Å². The average Bonchev–Trinajstić information content (AvgIpc) is 2.85. The summed E-state index contributed by atoms with van der Waals surface area (Å²) in [6.07, 6.45) is 0. The maximum absolute atomic E-state index is 6.06. The molecule has 21 heavy (non-hydrogen) atoms. The maximum Gasteiger partial charge on any atom is 0.187 e. The molecule has 0 saturated heterocycles. The summed E-state index contributed by atoms with van der Waals surface area (Å²) in [5, 5.41) is 12.5. The molecule has 3 rings (SSSR count). The zero-order valence-corrected chi connectivity index (χ0v) is 12.5. The lowest BCUT2D eigenvalue weighted by Crippen LogP contribution is -2.01. The van der Waals surface area contributed by atoms with E-state index in [1.807, 2.05) is 26.0 Å². The molecule has 0 unspecified atom stereocenters. The van der Waals surface area contributed by atoms with Crippen molar-refractivity contribution in [2.45, 2.75) is 13.8 Å². The molecule has 106 valence electrons. The smallest absolute Gasteiger partial charge is 0.187 e. The monoisotopic (exact) mass is 299 g/mol. The molecule has 3 aromatic rings. The molecule has 1 heterocycles. The molecular weight excluding hydrogens is 286 g/mol. The topological polar surface area (TPSA) is 69.6 Å². The van der Waals surface area contributed by atoms with E-state index >= 15 is 0 Å². The van der Waals surface area contributed by atoms with Gasteiger partial charge in [-0.1, -0.05) is 17.7 Å². The highest BCUT2D eigenvalue weighted by Crippen LogP contribution is 2.26. The molecule has 0 atom stereocenters. The fourth-order valence-electron chi connectivity index (χ4n) is 2.36. The predicted molar refractivity (Wildman–Crippen MR) is 83.5 cm³/mol. The molecule has 0 bridgehead atoms. The first-order valence-electron chi connectivity index (χ1n) is 6.46. The van der Waals surface area contributed by atoms with Gasteiger partial charge in [0, 0.05) is 16.3 Å². The first-order chi connectivity index (χ1) is 10.0. The Hall–Kier alpha value is -2.40. The van der Waals surface area contributed by atoms with Gasteiger partial charge in [0.2, 0.25) is 0 Å². The fourth-order valence-corrected chi connectivity index (χ4v) is 2.60. The van der Waals surface area contributed by atoms with Crippen LogP contribution in [0.3, 0.4) is 0 Å². The molecule has 0 radical (unpaired) electrons. The number of rotatable bonds is 2. The maximum atomic E-state index is 6.06. The largest absolute Gasteiger partial charge is 0.399 e. The van der Waals surface area contributed by atoms with Crippen LogP contribution >= 0.6 is 11.6 Å². The van der Waals surface area contributed by atoms with Crippen LogP contribution < -0.4 is 5.73 Å². The van der Waals surface area contributed by atoms with Crippen LogP contribution in [0.25, 0.3) is 17.1 Å². The molecule has 2 aromatic carbocycles. The number of aromatic nitrogens is 4. The second-order valence-corrected chi connectivity index (χ2v) is 5.47. The Morgan fingerprint density at radius 3 is 2.38 bits per heavy atom. The summed E-state index contributed by atoms with van der Waals surface area (Å²) in [6, 6.07) is 11.4. The standard InChI is InChI=1S/C15H14ClN5/c1-9-3-10(2)5-14(4-9)21-15(18-19-20-21)11-6-12(16)8-13(17)7-11/h3-8H,17H2,1-2H3. The van der Waals surface area contributed by atoms with E-state index in [1.165, 1.54) is 0 Å². The fraction of sp³-hybridized carbons (Fsp3) is 0.133. The zero-order valence-electron chi connectivity index (χ0n) is 11.7. The van der Waals surface area contributed by atoms with E-state index < -0.39 is 0 Å². The van der Waals surface area contributed by atoms with Crippen LogP contribution in [0.1, 0.15) is 11.1 Å². The lowest BCUT2D eigenvalue weighted by molar-refractivity contribution is 0.790. The van der Waals surface area contributed by atoms with Crippen molar-refractivity contribution in [3.63, 3.8) is 0 Å². The molecule has 1 aromatic heterocycles. The van der Waals surface area contributed by atoms with Crippen LogP contribution in [0.15, 0.2) is 36.4 Å². The molecule has 6 heteroatoms. The molecule has 0 saturated carbocycles. The number of hydrogen-bond donors (Lipinski definition) is 1. The number of tetrazole rings is 1. The third-order valence-corrected chi connectivity index (χ3v) is 3.32. The van der Waals surface area contributed by atoms with Gasteiger partial charge in [-0.05, 0) is 65.7 Å². The van der Waals surface area contributed by atoms with Crippen LogP contribution in [0.4, 0.5) is 5.69 Å². The third-order valence-electron chi connectivity index (χ3n) is 3.10. The number of anilines is 1. The van der Waals surface area contributed by atoms with Gasteiger partial charge in [-0.3, -0.25) is 0 Å². The Bertz CT molecular complexity index is 703. The predicted octanol–water partition coefficient (Wildman–Crippen LogP) is 3.18. The summed E-state index contributed by atoms with van der Waals surface area (Å²) in [6.45, 7) is 4.08. The van der Waals surface area contributed by atoms with Crippen molar-refractivity contribution in [3.8, 4) is 17.1 Å². The zero-order chi connectivity index (χ0) is 15.0. The van der Waals surface area contributed by atoms with Gasteiger partial charge >= 0.3 is 0 Å². The first kappa shape index (κ1) is 13.6. The van der Waals surface area contributed by atoms with Crippen molar-refractivity contribution in [2.75, 3.05) is 5.73 Å². The Labute approximate surface area is 127 Å². The second-order valence-electron chi connectivity index (χ2n) is 5.03. The van der Waals surface area contributed by atoms with E-state index in [4.69, 9.17) is 17.3 Å². The van der Waals surface area contributed by atoms with Gasteiger partial charge in [0.05, 0.1) is 5.69 Å². The van der Waals surface area contributed by atoms with Gasteiger partial charge in [-0.15, -0.1) is 5.10 Å². The quantitative estimate of drug-likeness (QED) is 0.738. The second kappa shape index (κ2) is 5.18. The SMILES string of the molecule is Cc1cc(C)cc(-n2nnnc2-c2cc(N)cc(Cl)c2)c1. The van der Waals surface area contributed by atoms with Crippen LogP contribution in [-0.4, -0.2) is 20.2 Å². The van der Waals surface area contributed by atoms with Gasteiger partial charge < -0.3 is 5.73 Å². The number of nitrogens with two attached hydrogens (primary N) is 1. The van der Waals surface area contributed by atoms with Crippen LogP contribution in [0.5, 0.6) is 0 Å². The van der Waals surface area contributed by atoms with Gasteiger partial charge in [-0.25, -0.2) is 0 Å². The van der Waals surface area contributed by atoms with Crippen LogP contribution in [0.2, 0.25) is 5.02 Å². The van der Waals surface area contributed by atoms with E-state index in [-0.39, 0.29) is 0 Å². The Morgan fingerprint density at radius 1 is 1.00 bits per heavy atom. The number of halogens is 1. The van der Waals surface area contributed by atoms with Crippen molar-refractivity contribution in [1.82, 2.24) is 20.2 Å². The van der Waals surface area contributed by atoms with Crippen molar-refractivity contribution < 1.29 is 0 Å². The molecule has 0 amide bonds. The summed E-state index contributed by atoms with van der Waals surface area (Å²) in [4.78, 5) is 0. The Balaban J connectivity index is 2.16. The summed E-state index contributed by atoms with van der Waals surface area (Å²) in [7, 11) is 0. The van der Waals surface area contributed by atoms with Gasteiger partial charge in [0.25, 0.3) is 0 Å². The molecule has 0 aliphatic carbocycles. The van der Waals surface area contributed by atoms with Gasteiger partial charge in [0.15, 0.2) is 5.82 Å². The molecule has 0 aliphatic rings. The van der Waals surface area contributed by atoms with Crippen LogP contribution in [-0.2, 0) is 0 Å². The highest BCUT2D eigenvalue weighted by molar-refractivity contribution is 6.31. The Morgan fingerprint density at radius 2 is 1.71 bits per heavy atom. The minimum Gasteiger partial charge on any atom is -0.399 e. The number of nitrogen functional groups attached to an aromatic ring is 1. The van der Waals surface area contributed by atoms with Crippen molar-refractivity contribution >= 4 is 17.3 Å². The summed E-state index contributed by atoms with van der Waals surface area (Å²) in [5.41, 5.74) is 10.4. The number of aryl methyl sites for hydroxylation is 2. The third kappa shape index (κ3) is 2.73. The molecule has 0 spiro atoms. The lowest BCUT2D eigenvalue weighted by Gasteiger charge is -2.08. The molecule has 0 aliphatic heterocycles. The molecular formula is C15H14ClN5. The van der Waals surface area contributed by atoms with Crippen molar-refractivity contribution in [3.05, 3.63) is 52.5 Å². The van der Waals surface area contributed by atoms with E-state index in [2.05, 4.69) is 21.6 Å². The normalized spacial score (nSPS) is 10.8. The van der Waals surface area contributed by atoms with Gasteiger partial charge in [-0.2, -0.15) is 4.68 Å². The lowest BCUT2D eigenvalue weighted by atomic mass is 10.1. The minimum absolute atomic E-state index is 0.556. The minimum atomic E-state index is 0.556. The number of nitrogens with zero attached hydrogens (tertiary/aromatic N) is 4. The number of benzene rings is 2. The van der Waals surface area contributed by atoms with E-state index in [0.717, 1.165) is 22.4 Å². The summed E-state index contributed by atoms with van der Waals surface area (Å²) in [5.74, 6) is 0.606. The highest BCUT2D eigenvalue weighted by Gasteiger charge is 2.12. The van der Waals surface area contributed by atoms with Gasteiger partial charge in [0.1, 0.15) is 0 Å². The Kier molecular flexibility index (Phi) is 3.35.